The van der Waals surface area contributed by atoms with Gasteiger partial charge in [0, 0.05) is 13.1 Å². The zero-order valence-corrected chi connectivity index (χ0v) is 7.41. The number of rotatable bonds is 2. The lowest BCUT2D eigenvalue weighted by Gasteiger charge is -2.23. The summed E-state index contributed by atoms with van der Waals surface area (Å²) in [7, 11) is 1.96. The Morgan fingerprint density at radius 2 is 2.27 bits per heavy atom. The van der Waals surface area contributed by atoms with E-state index >= 15 is 0 Å². The van der Waals surface area contributed by atoms with E-state index in [0.29, 0.717) is 12.6 Å². The standard InChI is InChI=1S/C7H16N4/c1-6(2)11-5-10(3)9-7(11)4-8/h6H,4-5,8H2,1-3H3. The predicted octanol–water partition coefficient (Wildman–Crippen LogP) is -0.128. The fourth-order valence-corrected chi connectivity index (χ4v) is 1.21. The van der Waals surface area contributed by atoms with Crippen molar-refractivity contribution in [1.82, 2.24) is 9.91 Å². The van der Waals surface area contributed by atoms with Gasteiger partial charge in [-0.3, -0.25) is 5.01 Å². The molecule has 0 atom stereocenters. The highest BCUT2D eigenvalue weighted by Gasteiger charge is 2.20. The molecule has 4 nitrogen and oxygen atoms in total. The van der Waals surface area contributed by atoms with Crippen molar-refractivity contribution in [3.8, 4) is 0 Å². The number of nitrogens with two attached hydrogens (primary N) is 1. The Bertz CT molecular complexity index is 164. The van der Waals surface area contributed by atoms with Gasteiger partial charge in [0.2, 0.25) is 0 Å². The zero-order chi connectivity index (χ0) is 8.43. The molecular formula is C7H16N4. The molecule has 0 aromatic carbocycles. The van der Waals surface area contributed by atoms with Crippen molar-refractivity contribution in [1.29, 1.82) is 0 Å². The van der Waals surface area contributed by atoms with Gasteiger partial charge in [-0.1, -0.05) is 0 Å². The number of hydrazone groups is 1. The van der Waals surface area contributed by atoms with Crippen molar-refractivity contribution in [2.75, 3.05) is 20.3 Å². The van der Waals surface area contributed by atoms with Gasteiger partial charge in [-0.15, -0.1) is 0 Å². The first-order valence-corrected chi connectivity index (χ1v) is 3.90. The van der Waals surface area contributed by atoms with Crippen LogP contribution in [0.4, 0.5) is 0 Å². The van der Waals surface area contributed by atoms with Crippen molar-refractivity contribution in [2.45, 2.75) is 19.9 Å². The smallest absolute Gasteiger partial charge is 0.140 e. The van der Waals surface area contributed by atoms with E-state index in [1.165, 1.54) is 0 Å². The SMILES string of the molecule is CC(C)N1CN(C)N=C1CN. The highest BCUT2D eigenvalue weighted by Crippen LogP contribution is 2.08. The third-order valence-corrected chi connectivity index (χ3v) is 1.78. The van der Waals surface area contributed by atoms with Crippen LogP contribution in [-0.2, 0) is 0 Å². The van der Waals surface area contributed by atoms with Gasteiger partial charge in [0.05, 0.1) is 6.54 Å². The number of nitrogens with zero attached hydrogens (tertiary/aromatic N) is 3. The molecular weight excluding hydrogens is 140 g/mol. The Morgan fingerprint density at radius 1 is 1.64 bits per heavy atom. The maximum absolute atomic E-state index is 5.53. The van der Waals surface area contributed by atoms with Crippen LogP contribution in [0, 0.1) is 0 Å². The Morgan fingerprint density at radius 3 is 2.64 bits per heavy atom. The summed E-state index contributed by atoms with van der Waals surface area (Å²) in [6.07, 6.45) is 0. The highest BCUT2D eigenvalue weighted by atomic mass is 15.6. The van der Waals surface area contributed by atoms with Gasteiger partial charge in [-0.25, -0.2) is 0 Å². The molecule has 0 aromatic rings. The van der Waals surface area contributed by atoms with Gasteiger partial charge in [-0.05, 0) is 13.8 Å². The lowest BCUT2D eigenvalue weighted by molar-refractivity contribution is 0.245. The van der Waals surface area contributed by atoms with Crippen LogP contribution in [0.25, 0.3) is 0 Å². The molecule has 1 heterocycles. The summed E-state index contributed by atoms with van der Waals surface area (Å²) in [6, 6.07) is 0.488. The van der Waals surface area contributed by atoms with E-state index in [0.717, 1.165) is 12.5 Å². The third-order valence-electron chi connectivity index (χ3n) is 1.78. The first-order chi connectivity index (χ1) is 5.15. The monoisotopic (exact) mass is 156 g/mol. The third kappa shape index (κ3) is 1.63. The average molecular weight is 156 g/mol. The van der Waals surface area contributed by atoms with E-state index in [4.69, 9.17) is 5.73 Å². The molecule has 1 rings (SSSR count). The quantitative estimate of drug-likeness (QED) is 0.606. The maximum Gasteiger partial charge on any atom is 0.140 e. The van der Waals surface area contributed by atoms with Crippen molar-refractivity contribution in [3.05, 3.63) is 0 Å². The minimum Gasteiger partial charge on any atom is -0.336 e. The second-order valence-corrected chi connectivity index (χ2v) is 3.08. The molecule has 2 N–H and O–H groups in total. The van der Waals surface area contributed by atoms with Gasteiger partial charge in [0.25, 0.3) is 0 Å². The summed E-state index contributed by atoms with van der Waals surface area (Å²) >= 11 is 0. The first-order valence-electron chi connectivity index (χ1n) is 3.90. The first kappa shape index (κ1) is 8.33. The lowest BCUT2D eigenvalue weighted by Crippen LogP contribution is -2.39. The summed E-state index contributed by atoms with van der Waals surface area (Å²) in [6.45, 7) is 5.68. The molecule has 0 amide bonds. The van der Waals surface area contributed by atoms with Gasteiger partial charge >= 0.3 is 0 Å². The minimum absolute atomic E-state index is 0.488. The topological polar surface area (TPSA) is 44.9 Å². The fraction of sp³-hybridized carbons (Fsp3) is 0.857. The Kier molecular flexibility index (Phi) is 2.34. The largest absolute Gasteiger partial charge is 0.336 e. The Labute approximate surface area is 67.6 Å². The number of amidine groups is 1. The van der Waals surface area contributed by atoms with Crippen molar-refractivity contribution in [2.24, 2.45) is 10.8 Å². The average Bonchev–Trinajstić information content (AvgIpc) is 2.30. The molecule has 0 unspecified atom stereocenters. The molecule has 0 fully saturated rings. The van der Waals surface area contributed by atoms with E-state index in [9.17, 15) is 0 Å². The van der Waals surface area contributed by atoms with Crippen molar-refractivity contribution in [3.63, 3.8) is 0 Å². The lowest BCUT2D eigenvalue weighted by atomic mass is 10.3. The Hall–Kier alpha value is -0.770. The van der Waals surface area contributed by atoms with Crippen LogP contribution in [0.2, 0.25) is 0 Å². The van der Waals surface area contributed by atoms with Crippen LogP contribution in [0.5, 0.6) is 0 Å². The van der Waals surface area contributed by atoms with E-state index in [1.54, 1.807) is 0 Å². The Balaban J connectivity index is 2.63. The molecule has 11 heavy (non-hydrogen) atoms. The van der Waals surface area contributed by atoms with Crippen LogP contribution in [0.1, 0.15) is 13.8 Å². The summed E-state index contributed by atoms with van der Waals surface area (Å²) < 4.78 is 0. The van der Waals surface area contributed by atoms with Crippen LogP contribution in [0.15, 0.2) is 5.10 Å². The molecule has 0 bridgehead atoms. The molecule has 0 aliphatic carbocycles. The second-order valence-electron chi connectivity index (χ2n) is 3.08. The summed E-state index contributed by atoms with van der Waals surface area (Å²) in [5, 5.41) is 6.17. The number of hydrogen-bond donors (Lipinski definition) is 1. The predicted molar refractivity (Wildman–Crippen MR) is 46.1 cm³/mol. The van der Waals surface area contributed by atoms with E-state index < -0.39 is 0 Å². The van der Waals surface area contributed by atoms with Gasteiger partial charge in [0.1, 0.15) is 12.5 Å². The summed E-state index contributed by atoms with van der Waals surface area (Å²) in [5.74, 6) is 0.988. The second kappa shape index (κ2) is 3.09. The van der Waals surface area contributed by atoms with E-state index in [-0.39, 0.29) is 0 Å². The van der Waals surface area contributed by atoms with Crippen LogP contribution < -0.4 is 5.73 Å². The normalized spacial score (nSPS) is 18.1. The van der Waals surface area contributed by atoms with Gasteiger partial charge in [-0.2, -0.15) is 5.10 Å². The molecule has 0 saturated heterocycles. The fourth-order valence-electron chi connectivity index (χ4n) is 1.21. The van der Waals surface area contributed by atoms with Crippen LogP contribution >= 0.6 is 0 Å². The zero-order valence-electron chi connectivity index (χ0n) is 7.41. The summed E-state index contributed by atoms with van der Waals surface area (Å²) in [5.41, 5.74) is 5.53. The van der Waals surface area contributed by atoms with Gasteiger partial charge < -0.3 is 10.6 Å². The molecule has 0 radical (unpaired) electrons. The molecule has 64 valence electrons. The highest BCUT2D eigenvalue weighted by molar-refractivity contribution is 5.85. The molecule has 0 aromatic heterocycles. The van der Waals surface area contributed by atoms with E-state index in [2.05, 4.69) is 23.8 Å². The van der Waals surface area contributed by atoms with Crippen molar-refractivity contribution >= 4 is 5.84 Å². The van der Waals surface area contributed by atoms with Gasteiger partial charge in [0.15, 0.2) is 0 Å². The molecule has 0 saturated carbocycles. The van der Waals surface area contributed by atoms with E-state index in [1.807, 2.05) is 12.1 Å². The molecule has 4 heteroatoms. The molecule has 1 aliphatic heterocycles. The van der Waals surface area contributed by atoms with Crippen LogP contribution in [0.3, 0.4) is 0 Å². The maximum atomic E-state index is 5.53. The van der Waals surface area contributed by atoms with Crippen LogP contribution in [-0.4, -0.2) is 42.0 Å². The summed E-state index contributed by atoms with van der Waals surface area (Å²) in [4.78, 5) is 2.19. The minimum atomic E-state index is 0.488. The van der Waals surface area contributed by atoms with Crippen molar-refractivity contribution < 1.29 is 0 Å². The molecule has 0 spiro atoms. The molecule has 1 aliphatic rings. The number of hydrogen-bond acceptors (Lipinski definition) is 4.